The van der Waals surface area contributed by atoms with Crippen molar-refractivity contribution in [2.75, 3.05) is 19.6 Å². The predicted octanol–water partition coefficient (Wildman–Crippen LogP) is 2.23. The van der Waals surface area contributed by atoms with E-state index in [1.807, 2.05) is 0 Å². The molecule has 1 aliphatic heterocycles. The maximum Gasteiger partial charge on any atom is 0.0233 e. The average Bonchev–Trinajstić information content (AvgIpc) is 2.69. The van der Waals surface area contributed by atoms with E-state index in [1.54, 1.807) is 0 Å². The second-order valence-electron chi connectivity index (χ2n) is 4.25. The molecular formula is C12H17BrN2. The third kappa shape index (κ3) is 3.03. The number of nitrogens with two attached hydrogens (primary N) is 1. The summed E-state index contributed by atoms with van der Waals surface area (Å²) < 4.78 is 1.15. The molecule has 0 saturated carbocycles. The van der Waals surface area contributed by atoms with Gasteiger partial charge in [0.2, 0.25) is 0 Å². The Hall–Kier alpha value is -0.380. The molecule has 0 spiro atoms. The quantitative estimate of drug-likeness (QED) is 0.911. The molecule has 0 bridgehead atoms. The number of likely N-dealkylation sites (tertiary alicyclic amines) is 1. The van der Waals surface area contributed by atoms with Crippen LogP contribution in [-0.2, 0) is 6.54 Å². The molecule has 15 heavy (non-hydrogen) atoms. The molecule has 0 radical (unpaired) electrons. The molecule has 1 unspecified atom stereocenters. The molecule has 2 rings (SSSR count). The third-order valence-electron chi connectivity index (χ3n) is 3.02. The van der Waals surface area contributed by atoms with Crippen LogP contribution in [-0.4, -0.2) is 24.5 Å². The van der Waals surface area contributed by atoms with Gasteiger partial charge in [0.25, 0.3) is 0 Å². The Morgan fingerprint density at radius 1 is 1.33 bits per heavy atom. The van der Waals surface area contributed by atoms with Crippen molar-refractivity contribution in [2.24, 2.45) is 11.7 Å². The van der Waals surface area contributed by atoms with Gasteiger partial charge in [-0.15, -0.1) is 0 Å². The number of nitrogens with zero attached hydrogens (tertiary/aromatic N) is 1. The van der Waals surface area contributed by atoms with E-state index in [1.165, 1.54) is 18.5 Å². The van der Waals surface area contributed by atoms with E-state index in [2.05, 4.69) is 45.1 Å². The number of halogens is 1. The Labute approximate surface area is 99.6 Å². The number of hydrogen-bond donors (Lipinski definition) is 1. The fourth-order valence-electron chi connectivity index (χ4n) is 2.10. The monoisotopic (exact) mass is 268 g/mol. The summed E-state index contributed by atoms with van der Waals surface area (Å²) in [5, 5.41) is 0. The summed E-state index contributed by atoms with van der Waals surface area (Å²) >= 11 is 3.45. The first kappa shape index (κ1) is 11.1. The minimum atomic E-state index is 0.709. The van der Waals surface area contributed by atoms with Crippen LogP contribution in [0.4, 0.5) is 0 Å². The molecule has 82 valence electrons. The maximum absolute atomic E-state index is 5.68. The van der Waals surface area contributed by atoms with Gasteiger partial charge in [0.05, 0.1) is 0 Å². The lowest BCUT2D eigenvalue weighted by Gasteiger charge is -2.15. The molecular weight excluding hydrogens is 252 g/mol. The van der Waals surface area contributed by atoms with Gasteiger partial charge in [-0.05, 0) is 43.1 Å². The minimum absolute atomic E-state index is 0.709. The fraction of sp³-hybridized carbons (Fsp3) is 0.500. The first-order valence-corrected chi connectivity index (χ1v) is 6.24. The first-order valence-electron chi connectivity index (χ1n) is 5.45. The second kappa shape index (κ2) is 5.10. The van der Waals surface area contributed by atoms with Crippen molar-refractivity contribution >= 4 is 15.9 Å². The van der Waals surface area contributed by atoms with E-state index >= 15 is 0 Å². The smallest absolute Gasteiger partial charge is 0.0233 e. The lowest BCUT2D eigenvalue weighted by molar-refractivity contribution is 0.318. The molecule has 1 fully saturated rings. The van der Waals surface area contributed by atoms with Crippen LogP contribution < -0.4 is 5.73 Å². The van der Waals surface area contributed by atoms with Crippen LogP contribution in [0.3, 0.4) is 0 Å². The highest BCUT2D eigenvalue weighted by Gasteiger charge is 2.20. The predicted molar refractivity (Wildman–Crippen MR) is 66.6 cm³/mol. The topological polar surface area (TPSA) is 29.3 Å². The molecule has 2 N–H and O–H groups in total. The van der Waals surface area contributed by atoms with Crippen molar-refractivity contribution in [3.05, 3.63) is 34.3 Å². The standard InChI is InChI=1S/C12H17BrN2/c13-12-3-1-10(2-4-12)8-15-6-5-11(7-14)9-15/h1-4,11H,5-9,14H2. The summed E-state index contributed by atoms with van der Waals surface area (Å²) in [6.07, 6.45) is 1.26. The normalized spacial score (nSPS) is 22.1. The summed E-state index contributed by atoms with van der Waals surface area (Å²) in [5.41, 5.74) is 7.06. The number of rotatable bonds is 3. The molecule has 1 heterocycles. The van der Waals surface area contributed by atoms with E-state index in [-0.39, 0.29) is 0 Å². The maximum atomic E-state index is 5.68. The summed E-state index contributed by atoms with van der Waals surface area (Å²) in [7, 11) is 0. The Kier molecular flexibility index (Phi) is 3.78. The third-order valence-corrected chi connectivity index (χ3v) is 3.55. The van der Waals surface area contributed by atoms with Crippen LogP contribution in [0.2, 0.25) is 0 Å². The van der Waals surface area contributed by atoms with Crippen molar-refractivity contribution in [1.29, 1.82) is 0 Å². The van der Waals surface area contributed by atoms with Crippen LogP contribution in [0.25, 0.3) is 0 Å². The van der Waals surface area contributed by atoms with E-state index in [9.17, 15) is 0 Å². The van der Waals surface area contributed by atoms with Gasteiger partial charge in [-0.3, -0.25) is 4.90 Å². The molecule has 0 aliphatic carbocycles. The molecule has 1 aliphatic rings. The highest BCUT2D eigenvalue weighted by molar-refractivity contribution is 9.10. The highest BCUT2D eigenvalue weighted by Crippen LogP contribution is 2.18. The van der Waals surface area contributed by atoms with Crippen molar-refractivity contribution in [3.8, 4) is 0 Å². The zero-order chi connectivity index (χ0) is 10.7. The van der Waals surface area contributed by atoms with Gasteiger partial charge in [-0.25, -0.2) is 0 Å². The minimum Gasteiger partial charge on any atom is -0.330 e. The number of benzene rings is 1. The summed E-state index contributed by atoms with van der Waals surface area (Å²) in [6.45, 7) is 4.24. The molecule has 0 amide bonds. The van der Waals surface area contributed by atoms with Crippen LogP contribution in [0.15, 0.2) is 28.7 Å². The van der Waals surface area contributed by atoms with Gasteiger partial charge >= 0.3 is 0 Å². The Bertz CT molecular complexity index is 310. The molecule has 1 atom stereocenters. The van der Waals surface area contributed by atoms with Gasteiger partial charge < -0.3 is 5.73 Å². The Morgan fingerprint density at radius 2 is 2.07 bits per heavy atom. The molecule has 1 aromatic carbocycles. The average molecular weight is 269 g/mol. The van der Waals surface area contributed by atoms with Gasteiger partial charge in [-0.2, -0.15) is 0 Å². The molecule has 1 saturated heterocycles. The molecule has 2 nitrogen and oxygen atoms in total. The summed E-state index contributed by atoms with van der Waals surface area (Å²) in [6, 6.07) is 8.57. The number of hydrogen-bond acceptors (Lipinski definition) is 2. The van der Waals surface area contributed by atoms with Gasteiger partial charge in [0.15, 0.2) is 0 Å². The van der Waals surface area contributed by atoms with Crippen molar-refractivity contribution in [3.63, 3.8) is 0 Å². The molecule has 1 aromatic rings. The van der Waals surface area contributed by atoms with Crippen LogP contribution in [0.1, 0.15) is 12.0 Å². The van der Waals surface area contributed by atoms with Gasteiger partial charge in [0, 0.05) is 17.6 Å². The van der Waals surface area contributed by atoms with Gasteiger partial charge in [0.1, 0.15) is 0 Å². The molecule has 0 aromatic heterocycles. The van der Waals surface area contributed by atoms with E-state index in [0.29, 0.717) is 5.92 Å². The Balaban J connectivity index is 1.90. The second-order valence-corrected chi connectivity index (χ2v) is 5.17. The van der Waals surface area contributed by atoms with Gasteiger partial charge in [-0.1, -0.05) is 28.1 Å². The van der Waals surface area contributed by atoms with Crippen LogP contribution >= 0.6 is 15.9 Å². The van der Waals surface area contributed by atoms with E-state index in [0.717, 1.165) is 24.1 Å². The van der Waals surface area contributed by atoms with E-state index < -0.39 is 0 Å². The van der Waals surface area contributed by atoms with Crippen molar-refractivity contribution in [2.45, 2.75) is 13.0 Å². The highest BCUT2D eigenvalue weighted by atomic mass is 79.9. The SMILES string of the molecule is NCC1CCN(Cc2ccc(Br)cc2)C1. The zero-order valence-electron chi connectivity index (χ0n) is 8.82. The van der Waals surface area contributed by atoms with Crippen LogP contribution in [0, 0.1) is 5.92 Å². The van der Waals surface area contributed by atoms with E-state index in [4.69, 9.17) is 5.73 Å². The zero-order valence-corrected chi connectivity index (χ0v) is 10.4. The Morgan fingerprint density at radius 3 is 2.67 bits per heavy atom. The first-order chi connectivity index (χ1) is 7.28. The lowest BCUT2D eigenvalue weighted by Crippen LogP contribution is -2.22. The fourth-order valence-corrected chi connectivity index (χ4v) is 2.36. The lowest BCUT2D eigenvalue weighted by atomic mass is 10.1. The van der Waals surface area contributed by atoms with Crippen LogP contribution in [0.5, 0.6) is 0 Å². The van der Waals surface area contributed by atoms with Crippen molar-refractivity contribution < 1.29 is 0 Å². The largest absolute Gasteiger partial charge is 0.330 e. The summed E-state index contributed by atoms with van der Waals surface area (Å²) in [5.74, 6) is 0.709. The molecule has 3 heteroatoms. The van der Waals surface area contributed by atoms with Crippen molar-refractivity contribution in [1.82, 2.24) is 4.90 Å². The summed E-state index contributed by atoms with van der Waals surface area (Å²) in [4.78, 5) is 2.49.